The van der Waals surface area contributed by atoms with Gasteiger partial charge in [-0.1, -0.05) is 46.9 Å². The fourth-order valence-electron chi connectivity index (χ4n) is 1.83. The Labute approximate surface area is 135 Å². The number of rotatable bonds is 3. The molecule has 0 saturated carbocycles. The molecule has 21 heavy (non-hydrogen) atoms. The van der Waals surface area contributed by atoms with Gasteiger partial charge < -0.3 is 0 Å². The highest BCUT2D eigenvalue weighted by molar-refractivity contribution is 6.42. The molecule has 0 radical (unpaired) electrons. The molecule has 0 heterocycles. The lowest BCUT2D eigenvalue weighted by Crippen LogP contribution is -2.13. The molecule has 2 nitrogen and oxygen atoms in total. The lowest BCUT2D eigenvalue weighted by atomic mass is 9.91. The minimum Gasteiger partial charge on any atom is -0.292 e. The molecule has 0 N–H and O–H groups in total. The van der Waals surface area contributed by atoms with Crippen molar-refractivity contribution >= 4 is 40.6 Å². The molecule has 1 atom stereocenters. The molecule has 0 fully saturated rings. The zero-order valence-electron chi connectivity index (χ0n) is 10.4. The fraction of sp³-hybridized carbons (Fsp3) is 0.0667. The van der Waals surface area contributed by atoms with E-state index in [1.54, 1.807) is 0 Å². The van der Waals surface area contributed by atoms with Crippen molar-refractivity contribution in [3.63, 3.8) is 0 Å². The van der Waals surface area contributed by atoms with Crippen molar-refractivity contribution in [2.24, 2.45) is 0 Å². The summed E-state index contributed by atoms with van der Waals surface area (Å²) in [6.07, 6.45) is 0. The molecule has 106 valence electrons. The average molecular weight is 343 g/mol. The Morgan fingerprint density at radius 1 is 1.10 bits per heavy atom. The van der Waals surface area contributed by atoms with E-state index in [0.717, 1.165) is 0 Å². The number of Topliss-reactive ketones (excluding diaryl/α,β-unsaturated/α-hetero) is 1. The fourth-order valence-corrected chi connectivity index (χ4v) is 2.31. The first-order chi connectivity index (χ1) is 9.95. The molecule has 1 unspecified atom stereocenters. The number of hydrogen-bond acceptors (Lipinski definition) is 2. The summed E-state index contributed by atoms with van der Waals surface area (Å²) >= 11 is 17.3. The molecule has 2 aromatic rings. The average Bonchev–Trinajstić information content (AvgIpc) is 2.46. The summed E-state index contributed by atoms with van der Waals surface area (Å²) in [6, 6.07) is 10.3. The molecule has 0 aliphatic carbocycles. The zero-order valence-corrected chi connectivity index (χ0v) is 12.7. The van der Waals surface area contributed by atoms with Gasteiger partial charge in [-0.3, -0.25) is 4.79 Å². The third-order valence-electron chi connectivity index (χ3n) is 2.89. The number of nitrogens with zero attached hydrogens (tertiary/aromatic N) is 1. The maximum Gasteiger partial charge on any atom is 0.187 e. The van der Waals surface area contributed by atoms with Gasteiger partial charge in [0.1, 0.15) is 5.92 Å². The molecular weight excluding hydrogens is 336 g/mol. The Hall–Kier alpha value is -1.60. The number of benzene rings is 2. The number of hydrogen-bond donors (Lipinski definition) is 0. The summed E-state index contributed by atoms with van der Waals surface area (Å²) in [5, 5.41) is 9.58. The van der Waals surface area contributed by atoms with Crippen LogP contribution < -0.4 is 0 Å². The molecule has 0 spiro atoms. The van der Waals surface area contributed by atoms with Gasteiger partial charge in [-0.15, -0.1) is 0 Å². The van der Waals surface area contributed by atoms with Crippen molar-refractivity contribution in [2.75, 3.05) is 0 Å². The van der Waals surface area contributed by atoms with E-state index < -0.39 is 17.5 Å². The Morgan fingerprint density at radius 3 is 2.43 bits per heavy atom. The molecule has 2 rings (SSSR count). The maximum absolute atomic E-state index is 13.9. The van der Waals surface area contributed by atoms with E-state index in [4.69, 9.17) is 34.8 Å². The maximum atomic E-state index is 13.9. The largest absolute Gasteiger partial charge is 0.292 e. The number of carbonyl (C=O) groups is 1. The molecule has 6 heteroatoms. The van der Waals surface area contributed by atoms with E-state index in [1.807, 2.05) is 6.07 Å². The van der Waals surface area contributed by atoms with E-state index in [9.17, 15) is 14.4 Å². The van der Waals surface area contributed by atoms with Crippen molar-refractivity contribution in [1.29, 1.82) is 5.26 Å². The standard InChI is InChI=1S/C15H7Cl3FNO/c16-11-5-4-8(6-13(11)18)10(7-20)15(21)9-2-1-3-12(17)14(9)19/h1-6,10H. The molecule has 2 aromatic carbocycles. The third kappa shape index (κ3) is 3.19. The number of halogens is 4. The highest BCUT2D eigenvalue weighted by Gasteiger charge is 2.25. The van der Waals surface area contributed by atoms with Gasteiger partial charge in [0, 0.05) is 0 Å². The van der Waals surface area contributed by atoms with Crippen LogP contribution in [0, 0.1) is 17.1 Å². The van der Waals surface area contributed by atoms with Crippen LogP contribution in [0.1, 0.15) is 21.8 Å². The molecular formula is C15H7Cl3FNO. The lowest BCUT2D eigenvalue weighted by molar-refractivity contribution is 0.0975. The molecule has 0 saturated heterocycles. The lowest BCUT2D eigenvalue weighted by Gasteiger charge is -2.11. The summed E-state index contributed by atoms with van der Waals surface area (Å²) in [5.74, 6) is -2.71. The number of ketones is 1. The summed E-state index contributed by atoms with van der Waals surface area (Å²) < 4.78 is 13.9. The number of carbonyl (C=O) groups excluding carboxylic acids is 1. The first kappa shape index (κ1) is 15.8. The van der Waals surface area contributed by atoms with E-state index in [-0.39, 0.29) is 15.6 Å². The van der Waals surface area contributed by atoms with Gasteiger partial charge in [0.15, 0.2) is 11.6 Å². The van der Waals surface area contributed by atoms with Crippen LogP contribution in [0.3, 0.4) is 0 Å². The van der Waals surface area contributed by atoms with E-state index in [1.165, 1.54) is 36.4 Å². The normalized spacial score (nSPS) is 11.8. The molecule has 0 aliphatic rings. The Bertz CT molecular complexity index is 755. The van der Waals surface area contributed by atoms with Crippen LogP contribution in [-0.2, 0) is 0 Å². The van der Waals surface area contributed by atoms with Crippen LogP contribution in [-0.4, -0.2) is 5.78 Å². The van der Waals surface area contributed by atoms with Gasteiger partial charge >= 0.3 is 0 Å². The second-order valence-electron chi connectivity index (χ2n) is 4.20. The SMILES string of the molecule is N#CC(C(=O)c1cccc(Cl)c1F)c1ccc(Cl)c(Cl)c1. The summed E-state index contributed by atoms with van der Waals surface area (Å²) in [7, 11) is 0. The van der Waals surface area contributed by atoms with Crippen molar-refractivity contribution in [3.05, 3.63) is 68.4 Å². The smallest absolute Gasteiger partial charge is 0.187 e. The van der Waals surface area contributed by atoms with Crippen molar-refractivity contribution < 1.29 is 9.18 Å². The summed E-state index contributed by atoms with van der Waals surface area (Å²) in [4.78, 5) is 12.3. The number of nitriles is 1. The first-order valence-electron chi connectivity index (χ1n) is 5.78. The predicted molar refractivity (Wildman–Crippen MR) is 80.6 cm³/mol. The van der Waals surface area contributed by atoms with E-state index in [2.05, 4.69) is 0 Å². The minimum absolute atomic E-state index is 0.174. The molecule has 0 aliphatic heterocycles. The Morgan fingerprint density at radius 2 is 1.81 bits per heavy atom. The predicted octanol–water partition coefficient (Wildman–Crippen LogP) is 5.28. The monoisotopic (exact) mass is 341 g/mol. The second kappa shape index (κ2) is 6.44. The minimum atomic E-state index is -1.19. The van der Waals surface area contributed by atoms with Crippen LogP contribution in [0.15, 0.2) is 36.4 Å². The van der Waals surface area contributed by atoms with Crippen molar-refractivity contribution in [1.82, 2.24) is 0 Å². The topological polar surface area (TPSA) is 40.9 Å². The molecule has 0 aromatic heterocycles. The van der Waals surface area contributed by atoms with Gasteiger partial charge in [-0.25, -0.2) is 4.39 Å². The van der Waals surface area contributed by atoms with Gasteiger partial charge in [-0.2, -0.15) is 5.26 Å². The third-order valence-corrected chi connectivity index (χ3v) is 3.92. The summed E-state index contributed by atoms with van der Waals surface area (Å²) in [6.45, 7) is 0. The zero-order chi connectivity index (χ0) is 15.6. The van der Waals surface area contributed by atoms with E-state index >= 15 is 0 Å². The van der Waals surface area contributed by atoms with Gasteiger partial charge in [0.25, 0.3) is 0 Å². The van der Waals surface area contributed by atoms with Crippen LogP contribution in [0.2, 0.25) is 15.1 Å². The van der Waals surface area contributed by atoms with Crippen LogP contribution in [0.4, 0.5) is 4.39 Å². The highest BCUT2D eigenvalue weighted by Crippen LogP contribution is 2.29. The van der Waals surface area contributed by atoms with Crippen LogP contribution >= 0.6 is 34.8 Å². The highest BCUT2D eigenvalue weighted by atomic mass is 35.5. The molecule has 0 bridgehead atoms. The first-order valence-corrected chi connectivity index (χ1v) is 6.92. The second-order valence-corrected chi connectivity index (χ2v) is 5.42. The van der Waals surface area contributed by atoms with Gasteiger partial charge in [0.05, 0.1) is 26.7 Å². The Balaban J connectivity index is 2.46. The van der Waals surface area contributed by atoms with Crippen LogP contribution in [0.5, 0.6) is 0 Å². The van der Waals surface area contributed by atoms with E-state index in [0.29, 0.717) is 10.6 Å². The molecule has 0 amide bonds. The van der Waals surface area contributed by atoms with Crippen molar-refractivity contribution in [2.45, 2.75) is 5.92 Å². The van der Waals surface area contributed by atoms with Crippen molar-refractivity contribution in [3.8, 4) is 6.07 Å². The van der Waals surface area contributed by atoms with Crippen LogP contribution in [0.25, 0.3) is 0 Å². The summed E-state index contributed by atoms with van der Waals surface area (Å²) in [5.41, 5.74) is 0.108. The Kier molecular flexibility index (Phi) is 4.84. The quantitative estimate of drug-likeness (QED) is 0.712. The van der Waals surface area contributed by atoms with Gasteiger partial charge in [-0.05, 0) is 29.8 Å². The van der Waals surface area contributed by atoms with Gasteiger partial charge in [0.2, 0.25) is 0 Å².